The quantitative estimate of drug-likeness (QED) is 0.325. The van der Waals surface area contributed by atoms with Gasteiger partial charge >= 0.3 is 5.97 Å². The van der Waals surface area contributed by atoms with Crippen molar-refractivity contribution in [1.29, 1.82) is 0 Å². The molecule has 0 bridgehead atoms. The molecule has 8 nitrogen and oxygen atoms in total. The Balaban J connectivity index is 2.99. The van der Waals surface area contributed by atoms with Crippen LogP contribution in [0.25, 0.3) is 0 Å². The van der Waals surface area contributed by atoms with Gasteiger partial charge in [-0.1, -0.05) is 6.08 Å². The van der Waals surface area contributed by atoms with E-state index in [4.69, 9.17) is 9.84 Å². The summed E-state index contributed by atoms with van der Waals surface area (Å²) < 4.78 is 5.03. The van der Waals surface area contributed by atoms with E-state index in [9.17, 15) is 19.7 Å². The SMILES string of the molecule is C=CCOCC(NC(=O)c1cc([N+](=O)[O-])c(C)cc1C)C(=O)O. The smallest absolute Gasteiger partial charge is 0.328 e. The van der Waals surface area contributed by atoms with Crippen molar-refractivity contribution in [3.05, 3.63) is 51.6 Å². The number of nitro benzene ring substituents is 1. The van der Waals surface area contributed by atoms with Crippen LogP contribution in [0.4, 0.5) is 5.69 Å². The topological polar surface area (TPSA) is 119 Å². The Kier molecular flexibility index (Phi) is 6.40. The minimum atomic E-state index is -1.26. The average molecular weight is 322 g/mol. The van der Waals surface area contributed by atoms with Gasteiger partial charge in [0.25, 0.3) is 11.6 Å². The highest BCUT2D eigenvalue weighted by molar-refractivity contribution is 5.98. The molecule has 0 aliphatic carbocycles. The van der Waals surface area contributed by atoms with Crippen molar-refractivity contribution in [1.82, 2.24) is 5.32 Å². The molecule has 1 aromatic rings. The predicted octanol–water partition coefficient (Wildman–Crippen LogP) is 1.60. The molecule has 1 aromatic carbocycles. The molecule has 1 unspecified atom stereocenters. The standard InChI is InChI=1S/C15H18N2O6/c1-4-5-23-8-12(15(19)20)16-14(18)11-7-13(17(21)22)10(3)6-9(11)2/h4,6-7,12H,1,5,8H2,2-3H3,(H,16,18)(H,19,20). The number of nitrogens with zero attached hydrogens (tertiary/aromatic N) is 1. The molecule has 0 aliphatic heterocycles. The monoisotopic (exact) mass is 322 g/mol. The number of nitrogens with one attached hydrogen (secondary N) is 1. The van der Waals surface area contributed by atoms with Crippen molar-refractivity contribution in [3.63, 3.8) is 0 Å². The number of carbonyl (C=O) groups excluding carboxylic acids is 1. The molecule has 1 atom stereocenters. The van der Waals surface area contributed by atoms with E-state index in [1.54, 1.807) is 13.8 Å². The van der Waals surface area contributed by atoms with Gasteiger partial charge in [-0.05, 0) is 25.5 Å². The van der Waals surface area contributed by atoms with Crippen molar-refractivity contribution >= 4 is 17.6 Å². The number of carboxylic acid groups (broad SMARTS) is 1. The molecule has 0 saturated heterocycles. The van der Waals surface area contributed by atoms with Crippen LogP contribution in [0.5, 0.6) is 0 Å². The van der Waals surface area contributed by atoms with Crippen LogP contribution in [0.1, 0.15) is 21.5 Å². The van der Waals surface area contributed by atoms with E-state index in [0.29, 0.717) is 11.1 Å². The summed E-state index contributed by atoms with van der Waals surface area (Å²) in [5.74, 6) is -1.97. The first-order valence-corrected chi connectivity index (χ1v) is 6.75. The summed E-state index contributed by atoms with van der Waals surface area (Å²) in [7, 11) is 0. The first-order chi connectivity index (χ1) is 10.8. The highest BCUT2D eigenvalue weighted by atomic mass is 16.6. The Labute approximate surface area is 132 Å². The third-order valence-corrected chi connectivity index (χ3v) is 3.11. The van der Waals surface area contributed by atoms with Crippen LogP contribution in [0.2, 0.25) is 0 Å². The lowest BCUT2D eigenvalue weighted by molar-refractivity contribution is -0.385. The second-order valence-corrected chi connectivity index (χ2v) is 4.90. The van der Waals surface area contributed by atoms with Gasteiger partial charge in [0, 0.05) is 17.2 Å². The Morgan fingerprint density at radius 3 is 2.61 bits per heavy atom. The number of hydrogen-bond donors (Lipinski definition) is 2. The third-order valence-electron chi connectivity index (χ3n) is 3.11. The molecular formula is C15H18N2O6. The van der Waals surface area contributed by atoms with Gasteiger partial charge < -0.3 is 15.2 Å². The summed E-state index contributed by atoms with van der Waals surface area (Å²) in [5, 5.41) is 22.4. The maximum absolute atomic E-state index is 12.2. The van der Waals surface area contributed by atoms with Crippen LogP contribution >= 0.6 is 0 Å². The number of hydrogen-bond acceptors (Lipinski definition) is 5. The molecule has 0 saturated carbocycles. The highest BCUT2D eigenvalue weighted by Crippen LogP contribution is 2.22. The molecule has 124 valence electrons. The van der Waals surface area contributed by atoms with Gasteiger partial charge in [0.1, 0.15) is 0 Å². The molecule has 0 radical (unpaired) electrons. The average Bonchev–Trinajstić information content (AvgIpc) is 2.45. The largest absolute Gasteiger partial charge is 0.480 e. The van der Waals surface area contributed by atoms with Crippen molar-refractivity contribution in [2.45, 2.75) is 19.9 Å². The summed E-state index contributed by atoms with van der Waals surface area (Å²) in [6.45, 7) is 6.53. The Morgan fingerprint density at radius 1 is 1.43 bits per heavy atom. The number of nitro groups is 1. The molecule has 1 amide bonds. The molecule has 1 rings (SSSR count). The van der Waals surface area contributed by atoms with E-state index >= 15 is 0 Å². The first kappa shape index (κ1) is 18.3. The van der Waals surface area contributed by atoms with Gasteiger partial charge in [-0.2, -0.15) is 0 Å². The van der Waals surface area contributed by atoms with Gasteiger partial charge in [0.15, 0.2) is 6.04 Å². The fourth-order valence-electron chi connectivity index (χ4n) is 1.96. The van der Waals surface area contributed by atoms with E-state index in [1.165, 1.54) is 12.1 Å². The van der Waals surface area contributed by atoms with Crippen LogP contribution < -0.4 is 5.32 Å². The molecule has 0 fully saturated rings. The lowest BCUT2D eigenvalue weighted by Crippen LogP contribution is -2.44. The molecule has 2 N–H and O–H groups in total. The minimum absolute atomic E-state index is 0.0530. The fourth-order valence-corrected chi connectivity index (χ4v) is 1.96. The second kappa shape index (κ2) is 8.04. The van der Waals surface area contributed by atoms with Gasteiger partial charge in [-0.25, -0.2) is 4.79 Å². The Hall–Kier alpha value is -2.74. The number of rotatable bonds is 8. The molecule has 8 heteroatoms. The van der Waals surface area contributed by atoms with Crippen LogP contribution in [0.15, 0.2) is 24.8 Å². The normalized spacial score (nSPS) is 11.6. The maximum atomic E-state index is 12.2. The van der Waals surface area contributed by atoms with Gasteiger partial charge in [0.05, 0.1) is 18.1 Å². The predicted molar refractivity (Wildman–Crippen MR) is 82.5 cm³/mol. The Morgan fingerprint density at radius 2 is 2.09 bits per heavy atom. The first-order valence-electron chi connectivity index (χ1n) is 6.75. The number of carboxylic acids is 1. The van der Waals surface area contributed by atoms with E-state index in [0.717, 1.165) is 6.07 Å². The highest BCUT2D eigenvalue weighted by Gasteiger charge is 2.24. The third kappa shape index (κ3) is 4.89. The molecule has 23 heavy (non-hydrogen) atoms. The van der Waals surface area contributed by atoms with Gasteiger partial charge in [0.2, 0.25) is 0 Å². The van der Waals surface area contributed by atoms with Crippen LogP contribution in [-0.2, 0) is 9.53 Å². The summed E-state index contributed by atoms with van der Waals surface area (Å²) in [6, 6.07) is 1.39. The number of amides is 1. The molecule has 0 aliphatic rings. The number of ether oxygens (including phenoxy) is 1. The lowest BCUT2D eigenvalue weighted by Gasteiger charge is -2.15. The minimum Gasteiger partial charge on any atom is -0.480 e. The second-order valence-electron chi connectivity index (χ2n) is 4.90. The van der Waals surface area contributed by atoms with E-state index in [-0.39, 0.29) is 24.5 Å². The van der Waals surface area contributed by atoms with Crippen LogP contribution in [-0.4, -0.2) is 41.2 Å². The molecule has 0 spiro atoms. The summed E-state index contributed by atoms with van der Waals surface area (Å²) in [5.41, 5.74) is 0.794. The summed E-state index contributed by atoms with van der Waals surface area (Å²) in [4.78, 5) is 33.7. The Bertz CT molecular complexity index is 641. The summed E-state index contributed by atoms with van der Waals surface area (Å²) >= 11 is 0. The van der Waals surface area contributed by atoms with Crippen LogP contribution in [0, 0.1) is 24.0 Å². The maximum Gasteiger partial charge on any atom is 0.328 e. The molecule has 0 heterocycles. The lowest BCUT2D eigenvalue weighted by atomic mass is 10.0. The summed E-state index contributed by atoms with van der Waals surface area (Å²) in [6.07, 6.45) is 1.45. The fraction of sp³-hybridized carbons (Fsp3) is 0.333. The number of aryl methyl sites for hydroxylation is 2. The van der Waals surface area contributed by atoms with Crippen molar-refractivity contribution in [3.8, 4) is 0 Å². The van der Waals surface area contributed by atoms with E-state index < -0.39 is 22.8 Å². The zero-order valence-corrected chi connectivity index (χ0v) is 12.9. The van der Waals surface area contributed by atoms with Crippen molar-refractivity contribution in [2.24, 2.45) is 0 Å². The number of benzene rings is 1. The van der Waals surface area contributed by atoms with Crippen molar-refractivity contribution < 1.29 is 24.4 Å². The molecular weight excluding hydrogens is 304 g/mol. The van der Waals surface area contributed by atoms with Gasteiger partial charge in [-0.3, -0.25) is 14.9 Å². The van der Waals surface area contributed by atoms with E-state index in [1.807, 2.05) is 0 Å². The van der Waals surface area contributed by atoms with Gasteiger partial charge in [-0.15, -0.1) is 6.58 Å². The zero-order chi connectivity index (χ0) is 17.6. The van der Waals surface area contributed by atoms with E-state index in [2.05, 4.69) is 11.9 Å². The number of carbonyl (C=O) groups is 2. The zero-order valence-electron chi connectivity index (χ0n) is 12.9. The van der Waals surface area contributed by atoms with Crippen LogP contribution in [0.3, 0.4) is 0 Å². The number of aliphatic carboxylic acids is 1. The molecule has 0 aromatic heterocycles. The van der Waals surface area contributed by atoms with Crippen molar-refractivity contribution in [2.75, 3.05) is 13.2 Å².